The van der Waals surface area contributed by atoms with Gasteiger partial charge < -0.3 is 10.4 Å². The number of amides is 1. The molecule has 120 valence electrons. The fraction of sp³-hybridized carbons (Fsp3) is 0.556. The first-order valence-electron chi connectivity index (χ1n) is 7.78. The molecule has 1 aromatic rings. The third kappa shape index (κ3) is 3.32. The fourth-order valence-corrected chi connectivity index (χ4v) is 2.79. The molecule has 4 heteroatoms. The van der Waals surface area contributed by atoms with Gasteiger partial charge in [-0.1, -0.05) is 29.3 Å². The van der Waals surface area contributed by atoms with Gasteiger partial charge in [0.05, 0.1) is 10.8 Å². The lowest BCUT2D eigenvalue weighted by Crippen LogP contribution is -2.38. The van der Waals surface area contributed by atoms with Crippen molar-refractivity contribution in [1.82, 2.24) is 5.32 Å². The normalized spacial score (nSPS) is 16.2. The third-order valence-electron chi connectivity index (χ3n) is 4.57. The van der Waals surface area contributed by atoms with Crippen molar-refractivity contribution < 1.29 is 14.7 Å². The molecule has 2 rings (SSSR count). The van der Waals surface area contributed by atoms with Crippen LogP contribution in [0.15, 0.2) is 18.2 Å². The number of hydrogen-bond acceptors (Lipinski definition) is 2. The van der Waals surface area contributed by atoms with Gasteiger partial charge in [0.25, 0.3) is 0 Å². The molecule has 0 radical (unpaired) electrons. The van der Waals surface area contributed by atoms with Gasteiger partial charge in [0.1, 0.15) is 0 Å². The highest BCUT2D eigenvalue weighted by molar-refractivity contribution is 5.91. The van der Waals surface area contributed by atoms with Gasteiger partial charge in [-0.25, -0.2) is 0 Å². The lowest BCUT2D eigenvalue weighted by molar-refractivity contribution is -0.147. The van der Waals surface area contributed by atoms with E-state index < -0.39 is 16.8 Å². The Morgan fingerprint density at radius 3 is 2.18 bits per heavy atom. The fourth-order valence-electron chi connectivity index (χ4n) is 2.79. The van der Waals surface area contributed by atoms with Crippen molar-refractivity contribution in [2.75, 3.05) is 6.54 Å². The maximum atomic E-state index is 12.5. The highest BCUT2D eigenvalue weighted by Gasteiger charge is 2.51. The van der Waals surface area contributed by atoms with Gasteiger partial charge in [-0.15, -0.1) is 0 Å². The van der Waals surface area contributed by atoms with E-state index >= 15 is 0 Å². The van der Waals surface area contributed by atoms with Crippen molar-refractivity contribution in [3.63, 3.8) is 0 Å². The highest BCUT2D eigenvalue weighted by atomic mass is 16.4. The van der Waals surface area contributed by atoms with Crippen LogP contribution in [0.1, 0.15) is 49.8 Å². The van der Waals surface area contributed by atoms with Crippen LogP contribution < -0.4 is 5.32 Å². The lowest BCUT2D eigenvalue weighted by Gasteiger charge is -2.21. The molecular formula is C18H25NO3. The van der Waals surface area contributed by atoms with Crippen LogP contribution in [0.25, 0.3) is 0 Å². The maximum absolute atomic E-state index is 12.5. The molecule has 4 nitrogen and oxygen atoms in total. The number of carboxylic acid groups (broad SMARTS) is 1. The summed E-state index contributed by atoms with van der Waals surface area (Å²) in [5.74, 6) is -0.809. The molecule has 0 atom stereocenters. The number of carbonyl (C=O) groups is 2. The monoisotopic (exact) mass is 303 g/mol. The molecule has 1 aliphatic rings. The second kappa shape index (κ2) is 5.75. The zero-order chi connectivity index (χ0) is 16.5. The standard InChI is InChI=1S/C18H25NO3/c1-12-9-13(2)11-14(10-12)18(5-6-18)15(20)19-8-7-17(3,4)16(21)22/h9-11H,5-8H2,1-4H3,(H,19,20)(H,21,22). The molecule has 0 heterocycles. The van der Waals surface area contributed by atoms with Gasteiger partial charge in [0.15, 0.2) is 0 Å². The zero-order valence-corrected chi connectivity index (χ0v) is 13.8. The minimum absolute atomic E-state index is 0.0266. The maximum Gasteiger partial charge on any atom is 0.309 e. The molecule has 0 unspecified atom stereocenters. The molecule has 0 spiro atoms. The van der Waals surface area contributed by atoms with Crippen LogP contribution >= 0.6 is 0 Å². The predicted molar refractivity (Wildman–Crippen MR) is 85.9 cm³/mol. The van der Waals surface area contributed by atoms with Crippen molar-refractivity contribution in [3.8, 4) is 0 Å². The Hall–Kier alpha value is -1.84. The van der Waals surface area contributed by atoms with Crippen molar-refractivity contribution in [2.45, 2.75) is 52.4 Å². The Balaban J connectivity index is 2.02. The number of carboxylic acids is 1. The summed E-state index contributed by atoms with van der Waals surface area (Å²) in [6.45, 7) is 7.83. The first-order chi connectivity index (χ1) is 10.2. The number of benzene rings is 1. The summed E-state index contributed by atoms with van der Waals surface area (Å²) < 4.78 is 0. The molecular weight excluding hydrogens is 278 g/mol. The van der Waals surface area contributed by atoms with Crippen LogP contribution in [0.3, 0.4) is 0 Å². The first kappa shape index (κ1) is 16.5. The number of rotatable bonds is 6. The number of aliphatic carboxylic acids is 1. The zero-order valence-electron chi connectivity index (χ0n) is 13.8. The average Bonchev–Trinajstić information content (AvgIpc) is 3.18. The highest BCUT2D eigenvalue weighted by Crippen LogP contribution is 2.48. The second-order valence-electron chi connectivity index (χ2n) is 7.15. The van der Waals surface area contributed by atoms with E-state index in [1.807, 2.05) is 13.8 Å². The van der Waals surface area contributed by atoms with E-state index in [2.05, 4.69) is 23.5 Å². The van der Waals surface area contributed by atoms with E-state index in [4.69, 9.17) is 5.11 Å². The van der Waals surface area contributed by atoms with Crippen LogP contribution in [-0.2, 0) is 15.0 Å². The third-order valence-corrected chi connectivity index (χ3v) is 4.57. The van der Waals surface area contributed by atoms with Crippen molar-refractivity contribution >= 4 is 11.9 Å². The van der Waals surface area contributed by atoms with Gasteiger partial charge >= 0.3 is 5.97 Å². The second-order valence-corrected chi connectivity index (χ2v) is 7.15. The van der Waals surface area contributed by atoms with Crippen LogP contribution in [0.4, 0.5) is 0 Å². The van der Waals surface area contributed by atoms with Gasteiger partial charge in [-0.05, 0) is 52.5 Å². The molecule has 1 amide bonds. The molecule has 0 aliphatic heterocycles. The van der Waals surface area contributed by atoms with Gasteiger partial charge in [-0.3, -0.25) is 9.59 Å². The Labute approximate surface area is 131 Å². The summed E-state index contributed by atoms with van der Waals surface area (Å²) in [4.78, 5) is 23.6. The number of carbonyl (C=O) groups excluding carboxylic acids is 1. The minimum Gasteiger partial charge on any atom is -0.481 e. The average molecular weight is 303 g/mol. The van der Waals surface area contributed by atoms with Crippen molar-refractivity contribution in [2.24, 2.45) is 5.41 Å². The number of nitrogens with one attached hydrogen (secondary N) is 1. The van der Waals surface area contributed by atoms with Gasteiger partial charge in [0, 0.05) is 6.54 Å². The molecule has 0 saturated heterocycles. The summed E-state index contributed by atoms with van der Waals surface area (Å²) in [6, 6.07) is 6.27. The predicted octanol–water partition coefficient (Wildman–Crippen LogP) is 2.95. The van der Waals surface area contributed by atoms with E-state index in [0.717, 1.165) is 18.4 Å². The topological polar surface area (TPSA) is 66.4 Å². The molecule has 1 fully saturated rings. The summed E-state index contributed by atoms with van der Waals surface area (Å²) in [7, 11) is 0. The van der Waals surface area contributed by atoms with Gasteiger partial charge in [0.2, 0.25) is 5.91 Å². The molecule has 1 aromatic carbocycles. The first-order valence-corrected chi connectivity index (χ1v) is 7.78. The molecule has 1 aliphatic carbocycles. The van der Waals surface area contributed by atoms with E-state index in [-0.39, 0.29) is 5.91 Å². The number of hydrogen-bond donors (Lipinski definition) is 2. The summed E-state index contributed by atoms with van der Waals surface area (Å²) in [6.07, 6.45) is 2.16. The molecule has 22 heavy (non-hydrogen) atoms. The van der Waals surface area contributed by atoms with Crippen molar-refractivity contribution in [1.29, 1.82) is 0 Å². The lowest BCUT2D eigenvalue weighted by atomic mass is 9.89. The molecule has 0 bridgehead atoms. The van der Waals surface area contributed by atoms with Crippen LogP contribution in [0, 0.1) is 19.3 Å². The van der Waals surface area contributed by atoms with E-state index in [0.29, 0.717) is 13.0 Å². The van der Waals surface area contributed by atoms with E-state index in [9.17, 15) is 9.59 Å². The van der Waals surface area contributed by atoms with E-state index in [1.54, 1.807) is 13.8 Å². The Bertz CT molecular complexity index is 580. The summed E-state index contributed by atoms with van der Waals surface area (Å²) in [5, 5.41) is 12.0. The largest absolute Gasteiger partial charge is 0.481 e. The van der Waals surface area contributed by atoms with Crippen LogP contribution in [0.5, 0.6) is 0 Å². The molecule has 0 aromatic heterocycles. The summed E-state index contributed by atoms with van der Waals surface area (Å²) >= 11 is 0. The van der Waals surface area contributed by atoms with Gasteiger partial charge in [-0.2, -0.15) is 0 Å². The molecule has 1 saturated carbocycles. The van der Waals surface area contributed by atoms with Crippen molar-refractivity contribution in [3.05, 3.63) is 34.9 Å². The molecule has 2 N–H and O–H groups in total. The Kier molecular flexibility index (Phi) is 4.32. The quantitative estimate of drug-likeness (QED) is 0.849. The Morgan fingerprint density at radius 2 is 1.73 bits per heavy atom. The SMILES string of the molecule is Cc1cc(C)cc(C2(C(=O)NCCC(C)(C)C(=O)O)CC2)c1. The minimum atomic E-state index is -0.836. The number of aryl methyl sites for hydroxylation is 2. The van der Waals surface area contributed by atoms with Crippen LogP contribution in [-0.4, -0.2) is 23.5 Å². The van der Waals surface area contributed by atoms with E-state index in [1.165, 1.54) is 11.1 Å². The van der Waals surface area contributed by atoms with Crippen LogP contribution in [0.2, 0.25) is 0 Å². The Morgan fingerprint density at radius 1 is 1.18 bits per heavy atom. The summed E-state index contributed by atoms with van der Waals surface area (Å²) in [5.41, 5.74) is 2.20. The smallest absolute Gasteiger partial charge is 0.309 e.